The first-order chi connectivity index (χ1) is 13.2. The van der Waals surface area contributed by atoms with E-state index in [0.717, 1.165) is 13.1 Å². The Morgan fingerprint density at radius 2 is 2.21 bits per heavy atom. The normalized spacial score (nSPS) is 17.6. The fourth-order valence-electron chi connectivity index (χ4n) is 2.54. The number of nitrogens with one attached hydrogen (secondary N) is 1. The minimum Gasteiger partial charge on any atom is -0.475 e. The molecule has 154 valence electrons. The Bertz CT molecular complexity index is 779. The quantitative estimate of drug-likeness (QED) is 0.758. The lowest BCUT2D eigenvalue weighted by molar-refractivity contribution is -0.192. The standard InChI is InChI=1S/C14H18N4O2S.C2HF3O2/c1-2-18-6-5-15-14(19)11(18)9-13-16-12(17-20-13)8-10-4-3-7-21-10;3-2(4,5)1(6)7/h3-4,7,11H,2,5-6,8-9H2,1H3,(H,15,19);(H,6,7). The van der Waals surface area contributed by atoms with E-state index in [4.69, 9.17) is 14.4 Å². The summed E-state index contributed by atoms with van der Waals surface area (Å²) in [5.74, 6) is -1.51. The van der Waals surface area contributed by atoms with Gasteiger partial charge < -0.3 is 14.9 Å². The number of halogens is 3. The first-order valence-electron chi connectivity index (χ1n) is 8.36. The highest BCUT2D eigenvalue weighted by molar-refractivity contribution is 7.09. The number of amides is 1. The molecule has 2 aromatic heterocycles. The maximum atomic E-state index is 12.0. The highest BCUT2D eigenvalue weighted by Crippen LogP contribution is 2.15. The highest BCUT2D eigenvalue weighted by atomic mass is 32.1. The van der Waals surface area contributed by atoms with Gasteiger partial charge in [-0.15, -0.1) is 11.3 Å². The van der Waals surface area contributed by atoms with Crippen LogP contribution in [0.4, 0.5) is 13.2 Å². The van der Waals surface area contributed by atoms with Gasteiger partial charge in [0, 0.05) is 24.4 Å². The zero-order valence-electron chi connectivity index (χ0n) is 14.9. The monoisotopic (exact) mass is 420 g/mol. The molecular weight excluding hydrogens is 401 g/mol. The topological polar surface area (TPSA) is 109 Å². The summed E-state index contributed by atoms with van der Waals surface area (Å²) >= 11 is 1.67. The SMILES string of the molecule is CCN1CCNC(=O)C1Cc1nc(Cc2cccs2)no1.O=C(O)C(F)(F)F. The first-order valence-corrected chi connectivity index (χ1v) is 9.24. The van der Waals surface area contributed by atoms with Gasteiger partial charge in [0.1, 0.15) is 0 Å². The second kappa shape index (κ2) is 9.64. The van der Waals surface area contributed by atoms with Gasteiger partial charge in [-0.2, -0.15) is 18.2 Å². The van der Waals surface area contributed by atoms with Crippen molar-refractivity contribution in [2.24, 2.45) is 0 Å². The summed E-state index contributed by atoms with van der Waals surface area (Å²) in [5, 5.41) is 16.0. The maximum absolute atomic E-state index is 12.0. The zero-order valence-corrected chi connectivity index (χ0v) is 15.7. The molecule has 0 radical (unpaired) electrons. The van der Waals surface area contributed by atoms with Crippen LogP contribution in [-0.4, -0.2) is 63.9 Å². The fraction of sp³-hybridized carbons (Fsp3) is 0.500. The molecule has 1 fully saturated rings. The second-order valence-corrected chi connectivity index (χ2v) is 6.84. The lowest BCUT2D eigenvalue weighted by atomic mass is 10.1. The van der Waals surface area contributed by atoms with Gasteiger partial charge in [0.05, 0.1) is 12.5 Å². The minimum absolute atomic E-state index is 0.0427. The molecule has 3 rings (SSSR count). The minimum atomic E-state index is -5.08. The molecule has 1 amide bonds. The molecule has 28 heavy (non-hydrogen) atoms. The Balaban J connectivity index is 0.000000345. The average Bonchev–Trinajstić information content (AvgIpc) is 3.29. The van der Waals surface area contributed by atoms with E-state index >= 15 is 0 Å². The van der Waals surface area contributed by atoms with E-state index in [2.05, 4.69) is 27.3 Å². The molecule has 1 saturated heterocycles. The third-order valence-electron chi connectivity index (χ3n) is 3.88. The molecule has 2 aromatic rings. The molecule has 1 aliphatic heterocycles. The van der Waals surface area contributed by atoms with Crippen LogP contribution in [0.25, 0.3) is 0 Å². The van der Waals surface area contributed by atoms with Crippen LogP contribution >= 0.6 is 11.3 Å². The van der Waals surface area contributed by atoms with Crippen molar-refractivity contribution in [1.82, 2.24) is 20.4 Å². The highest BCUT2D eigenvalue weighted by Gasteiger charge is 2.38. The van der Waals surface area contributed by atoms with Gasteiger partial charge in [-0.1, -0.05) is 18.1 Å². The number of hydrogen-bond acceptors (Lipinski definition) is 7. The first kappa shape index (κ1) is 21.8. The molecule has 0 spiro atoms. The molecule has 2 N–H and O–H groups in total. The molecule has 0 saturated carbocycles. The number of nitrogens with zero attached hydrogens (tertiary/aromatic N) is 3. The summed E-state index contributed by atoms with van der Waals surface area (Å²) in [6.45, 7) is 4.47. The number of aromatic nitrogens is 2. The number of thiophene rings is 1. The maximum Gasteiger partial charge on any atom is 0.490 e. The van der Waals surface area contributed by atoms with Crippen molar-refractivity contribution in [3.63, 3.8) is 0 Å². The zero-order chi connectivity index (χ0) is 20.7. The lowest BCUT2D eigenvalue weighted by Crippen LogP contribution is -2.55. The number of rotatable bonds is 5. The van der Waals surface area contributed by atoms with E-state index < -0.39 is 12.1 Å². The number of hydrogen-bond donors (Lipinski definition) is 2. The molecule has 1 aliphatic rings. The molecule has 0 aliphatic carbocycles. The molecule has 3 heterocycles. The fourth-order valence-corrected chi connectivity index (χ4v) is 3.24. The molecule has 1 atom stereocenters. The molecule has 12 heteroatoms. The van der Waals surface area contributed by atoms with Crippen LogP contribution in [0.1, 0.15) is 23.5 Å². The lowest BCUT2D eigenvalue weighted by Gasteiger charge is -2.33. The van der Waals surface area contributed by atoms with Crippen molar-refractivity contribution in [2.45, 2.75) is 32.0 Å². The number of likely N-dealkylation sites (N-methyl/N-ethyl adjacent to an activating group) is 1. The molecule has 1 unspecified atom stereocenters. The van der Waals surface area contributed by atoms with Gasteiger partial charge in [0.25, 0.3) is 0 Å². The Kier molecular flexibility index (Phi) is 7.52. The molecule has 0 aromatic carbocycles. The Labute approximate surface area is 162 Å². The molecular formula is C16H19F3N4O4S. The number of alkyl halides is 3. The van der Waals surface area contributed by atoms with Gasteiger partial charge in [0.15, 0.2) is 5.82 Å². The van der Waals surface area contributed by atoms with Crippen molar-refractivity contribution in [3.05, 3.63) is 34.1 Å². The Morgan fingerprint density at radius 3 is 2.79 bits per heavy atom. The van der Waals surface area contributed by atoms with Crippen molar-refractivity contribution in [1.29, 1.82) is 0 Å². The number of carbonyl (C=O) groups is 2. The van der Waals surface area contributed by atoms with E-state index in [9.17, 15) is 18.0 Å². The van der Waals surface area contributed by atoms with Gasteiger partial charge in [0.2, 0.25) is 11.8 Å². The largest absolute Gasteiger partial charge is 0.490 e. The second-order valence-electron chi connectivity index (χ2n) is 5.80. The van der Waals surface area contributed by atoms with Gasteiger partial charge in [-0.3, -0.25) is 9.69 Å². The summed E-state index contributed by atoms with van der Waals surface area (Å²) in [5.41, 5.74) is 0. The summed E-state index contributed by atoms with van der Waals surface area (Å²) in [4.78, 5) is 28.6. The van der Waals surface area contributed by atoms with Crippen LogP contribution in [0.5, 0.6) is 0 Å². The summed E-state index contributed by atoms with van der Waals surface area (Å²) in [6.07, 6.45) is -3.94. The third kappa shape index (κ3) is 6.30. The number of carboxylic acids is 1. The van der Waals surface area contributed by atoms with E-state index in [1.165, 1.54) is 4.88 Å². The predicted molar refractivity (Wildman–Crippen MR) is 92.9 cm³/mol. The van der Waals surface area contributed by atoms with E-state index in [0.29, 0.717) is 31.1 Å². The van der Waals surface area contributed by atoms with Crippen LogP contribution in [0, 0.1) is 0 Å². The van der Waals surface area contributed by atoms with Crippen molar-refractivity contribution < 1.29 is 32.4 Å². The van der Waals surface area contributed by atoms with Gasteiger partial charge in [-0.05, 0) is 18.0 Å². The van der Waals surface area contributed by atoms with Gasteiger partial charge >= 0.3 is 12.1 Å². The molecule has 8 nitrogen and oxygen atoms in total. The average molecular weight is 420 g/mol. The number of piperazine rings is 1. The number of carboxylic acid groups (broad SMARTS) is 1. The summed E-state index contributed by atoms with van der Waals surface area (Å²) in [7, 11) is 0. The van der Waals surface area contributed by atoms with E-state index in [1.54, 1.807) is 11.3 Å². The predicted octanol–water partition coefficient (Wildman–Crippen LogP) is 1.72. The van der Waals surface area contributed by atoms with Crippen molar-refractivity contribution in [2.75, 3.05) is 19.6 Å². The van der Waals surface area contributed by atoms with Crippen molar-refractivity contribution in [3.8, 4) is 0 Å². The van der Waals surface area contributed by atoms with Crippen LogP contribution in [-0.2, 0) is 22.4 Å². The summed E-state index contributed by atoms with van der Waals surface area (Å²) in [6, 6.07) is 3.85. The van der Waals surface area contributed by atoms with E-state index in [1.807, 2.05) is 17.5 Å². The Hall–Kier alpha value is -2.47. The number of carbonyl (C=O) groups excluding carboxylic acids is 1. The Morgan fingerprint density at radius 1 is 1.50 bits per heavy atom. The third-order valence-corrected chi connectivity index (χ3v) is 4.76. The molecule has 0 bridgehead atoms. The van der Waals surface area contributed by atoms with Crippen LogP contribution in [0.15, 0.2) is 22.0 Å². The van der Waals surface area contributed by atoms with Crippen LogP contribution in [0.2, 0.25) is 0 Å². The van der Waals surface area contributed by atoms with E-state index in [-0.39, 0.29) is 11.9 Å². The van der Waals surface area contributed by atoms with Gasteiger partial charge in [-0.25, -0.2) is 4.79 Å². The number of aliphatic carboxylic acids is 1. The smallest absolute Gasteiger partial charge is 0.475 e. The van der Waals surface area contributed by atoms with Crippen LogP contribution in [0.3, 0.4) is 0 Å². The summed E-state index contributed by atoms with van der Waals surface area (Å²) < 4.78 is 37.0. The van der Waals surface area contributed by atoms with Crippen molar-refractivity contribution >= 4 is 23.2 Å². The van der Waals surface area contributed by atoms with Crippen LogP contribution < -0.4 is 5.32 Å².